The lowest BCUT2D eigenvalue weighted by Crippen LogP contribution is -2.14. The van der Waals surface area contributed by atoms with Crippen LogP contribution in [0.4, 0.5) is 0 Å². The third kappa shape index (κ3) is 4.51. The summed E-state index contributed by atoms with van der Waals surface area (Å²) < 4.78 is 0. The molecule has 0 aromatic carbocycles. The number of rotatable bonds is 4. The number of allylic oxidation sites excluding steroid dienone is 1. The Labute approximate surface area is 100 Å². The van der Waals surface area contributed by atoms with E-state index in [1.54, 1.807) is 0 Å². The van der Waals surface area contributed by atoms with Crippen LogP contribution in [0.5, 0.6) is 0 Å². The summed E-state index contributed by atoms with van der Waals surface area (Å²) in [4.78, 5) is 11.7. The van der Waals surface area contributed by atoms with Crippen LogP contribution in [0.25, 0.3) is 0 Å². The van der Waals surface area contributed by atoms with E-state index in [-0.39, 0.29) is 0 Å². The van der Waals surface area contributed by atoms with Crippen LogP contribution in [0.2, 0.25) is 0 Å². The molecule has 1 fully saturated rings. The molecule has 0 bridgehead atoms. The number of ketones is 1. The Balaban J connectivity index is 2.45. The molecule has 1 aliphatic carbocycles. The van der Waals surface area contributed by atoms with Crippen molar-refractivity contribution in [2.75, 3.05) is 0 Å². The highest BCUT2D eigenvalue weighted by Crippen LogP contribution is 2.32. The van der Waals surface area contributed by atoms with Gasteiger partial charge in [0.15, 0.2) is 0 Å². The average Bonchev–Trinajstić information content (AvgIpc) is 2.35. The van der Waals surface area contributed by atoms with Gasteiger partial charge in [-0.05, 0) is 43.9 Å². The number of carbonyl (C=O) groups excluding carboxylic acids is 1. The molecule has 1 rings (SSSR count). The fraction of sp³-hybridized carbons (Fsp3) is 0.800. The molecule has 0 saturated heterocycles. The van der Waals surface area contributed by atoms with E-state index in [0.29, 0.717) is 23.5 Å². The lowest BCUT2D eigenvalue weighted by molar-refractivity contribution is -0.120. The van der Waals surface area contributed by atoms with Crippen molar-refractivity contribution in [2.24, 2.45) is 17.8 Å². The Hall–Kier alpha value is -0.590. The quantitative estimate of drug-likeness (QED) is 0.510. The molecule has 0 aromatic rings. The van der Waals surface area contributed by atoms with E-state index in [1.807, 2.05) is 0 Å². The van der Waals surface area contributed by atoms with Crippen molar-refractivity contribution >= 4 is 5.78 Å². The van der Waals surface area contributed by atoms with Gasteiger partial charge in [0, 0.05) is 12.8 Å². The first-order valence-corrected chi connectivity index (χ1v) is 6.65. The van der Waals surface area contributed by atoms with Crippen LogP contribution in [0, 0.1) is 17.8 Å². The highest BCUT2D eigenvalue weighted by Gasteiger charge is 2.25. The zero-order valence-corrected chi connectivity index (χ0v) is 11.1. The molecule has 1 heteroatoms. The van der Waals surface area contributed by atoms with E-state index in [2.05, 4.69) is 27.4 Å². The molecule has 1 nitrogen and oxygen atoms in total. The van der Waals surface area contributed by atoms with E-state index in [4.69, 9.17) is 0 Å². The van der Waals surface area contributed by atoms with Gasteiger partial charge in [0.1, 0.15) is 5.78 Å². The first-order chi connectivity index (χ1) is 7.49. The van der Waals surface area contributed by atoms with Gasteiger partial charge in [-0.25, -0.2) is 0 Å². The van der Waals surface area contributed by atoms with Gasteiger partial charge >= 0.3 is 0 Å². The zero-order chi connectivity index (χ0) is 12.1. The molecule has 0 aliphatic heterocycles. The van der Waals surface area contributed by atoms with Crippen molar-refractivity contribution in [3.05, 3.63) is 12.2 Å². The maximum Gasteiger partial charge on any atom is 0.133 e. The Bertz CT molecular complexity index is 254. The molecule has 0 spiro atoms. The number of hydrogen-bond donors (Lipinski definition) is 0. The maximum atomic E-state index is 11.7. The molecule has 1 saturated carbocycles. The summed E-state index contributed by atoms with van der Waals surface area (Å²) in [5.41, 5.74) is 1.26. The molecule has 0 unspecified atom stereocenters. The van der Waals surface area contributed by atoms with E-state index in [1.165, 1.54) is 24.8 Å². The van der Waals surface area contributed by atoms with Gasteiger partial charge in [-0.2, -0.15) is 0 Å². The predicted octanol–water partition coefficient (Wildman–Crippen LogP) is 4.37. The van der Waals surface area contributed by atoms with Gasteiger partial charge in [-0.1, -0.05) is 25.8 Å². The fourth-order valence-corrected chi connectivity index (χ4v) is 2.66. The first-order valence-electron chi connectivity index (χ1n) is 6.65. The molecule has 0 aromatic heterocycles. The van der Waals surface area contributed by atoms with Crippen LogP contribution in [-0.2, 0) is 4.79 Å². The normalized spacial score (nSPS) is 28.6. The summed E-state index contributed by atoms with van der Waals surface area (Å²) >= 11 is 0. The van der Waals surface area contributed by atoms with Crippen LogP contribution in [0.15, 0.2) is 12.2 Å². The smallest absolute Gasteiger partial charge is 0.133 e. The molecular formula is C15H26O. The molecule has 0 radical (unpaired) electrons. The third-order valence-electron chi connectivity index (χ3n) is 3.93. The highest BCUT2D eigenvalue weighted by atomic mass is 16.1. The second-order valence-corrected chi connectivity index (χ2v) is 5.86. The Morgan fingerprint density at radius 2 is 2.12 bits per heavy atom. The summed E-state index contributed by atoms with van der Waals surface area (Å²) in [7, 11) is 0. The van der Waals surface area contributed by atoms with Crippen LogP contribution >= 0.6 is 0 Å². The largest absolute Gasteiger partial charge is 0.300 e. The second kappa shape index (κ2) is 6.22. The van der Waals surface area contributed by atoms with E-state index in [9.17, 15) is 4.79 Å². The van der Waals surface area contributed by atoms with Crippen molar-refractivity contribution in [3.63, 3.8) is 0 Å². The summed E-state index contributed by atoms with van der Waals surface area (Å²) in [6, 6.07) is 0. The third-order valence-corrected chi connectivity index (χ3v) is 3.93. The Kier molecular flexibility index (Phi) is 5.24. The van der Waals surface area contributed by atoms with Crippen LogP contribution < -0.4 is 0 Å². The summed E-state index contributed by atoms with van der Waals surface area (Å²) in [5, 5.41) is 0. The van der Waals surface area contributed by atoms with E-state index >= 15 is 0 Å². The van der Waals surface area contributed by atoms with Gasteiger partial charge in [0.2, 0.25) is 0 Å². The van der Waals surface area contributed by atoms with Gasteiger partial charge in [-0.3, -0.25) is 4.79 Å². The summed E-state index contributed by atoms with van der Waals surface area (Å²) in [6.07, 6.45) is 6.41. The van der Waals surface area contributed by atoms with Gasteiger partial charge in [-0.15, -0.1) is 6.58 Å². The lowest BCUT2D eigenvalue weighted by Gasteiger charge is -2.21. The molecular weight excluding hydrogens is 196 g/mol. The molecule has 16 heavy (non-hydrogen) atoms. The molecule has 3 atom stereocenters. The molecule has 0 N–H and O–H groups in total. The standard InChI is InChI=1S/C15H26O/c1-11(2)5-7-13(4)14-8-6-12(3)9-15(16)10-14/h12-14H,1,5-10H2,2-4H3/t12-,13+,14-/m1/s1. The number of hydrogen-bond acceptors (Lipinski definition) is 1. The molecule has 1 aliphatic rings. The molecule has 92 valence electrons. The zero-order valence-electron chi connectivity index (χ0n) is 11.1. The molecule has 0 amide bonds. The SMILES string of the molecule is C=C(C)CC[C@H](C)[C@@H]1CC[C@@H](C)CC(=O)C1. The Morgan fingerprint density at radius 3 is 2.75 bits per heavy atom. The Morgan fingerprint density at radius 1 is 1.44 bits per heavy atom. The number of Topliss-reactive ketones (excluding diaryl/α,β-unsaturated/α-hetero) is 1. The van der Waals surface area contributed by atoms with E-state index < -0.39 is 0 Å². The molecule has 0 heterocycles. The van der Waals surface area contributed by atoms with Gasteiger partial charge in [0.25, 0.3) is 0 Å². The van der Waals surface area contributed by atoms with Gasteiger partial charge < -0.3 is 0 Å². The van der Waals surface area contributed by atoms with Crippen molar-refractivity contribution in [1.29, 1.82) is 0 Å². The van der Waals surface area contributed by atoms with Crippen molar-refractivity contribution in [3.8, 4) is 0 Å². The highest BCUT2D eigenvalue weighted by molar-refractivity contribution is 5.79. The van der Waals surface area contributed by atoms with Crippen molar-refractivity contribution in [2.45, 2.75) is 59.3 Å². The summed E-state index contributed by atoms with van der Waals surface area (Å²) in [6.45, 7) is 10.6. The lowest BCUT2D eigenvalue weighted by atomic mass is 9.83. The van der Waals surface area contributed by atoms with Gasteiger partial charge in [0.05, 0.1) is 0 Å². The van der Waals surface area contributed by atoms with Crippen molar-refractivity contribution in [1.82, 2.24) is 0 Å². The van der Waals surface area contributed by atoms with Crippen LogP contribution in [0.1, 0.15) is 59.3 Å². The maximum absolute atomic E-state index is 11.7. The summed E-state index contributed by atoms with van der Waals surface area (Å²) in [5.74, 6) is 2.38. The minimum Gasteiger partial charge on any atom is -0.300 e. The first kappa shape index (κ1) is 13.5. The minimum atomic E-state index is 0.483. The minimum absolute atomic E-state index is 0.483. The second-order valence-electron chi connectivity index (χ2n) is 5.86. The topological polar surface area (TPSA) is 17.1 Å². The predicted molar refractivity (Wildman–Crippen MR) is 69.3 cm³/mol. The average molecular weight is 222 g/mol. The monoisotopic (exact) mass is 222 g/mol. The fourth-order valence-electron chi connectivity index (χ4n) is 2.66. The van der Waals surface area contributed by atoms with Crippen LogP contribution in [-0.4, -0.2) is 5.78 Å². The number of carbonyl (C=O) groups is 1. The van der Waals surface area contributed by atoms with Crippen molar-refractivity contribution < 1.29 is 4.79 Å². The van der Waals surface area contributed by atoms with Crippen LogP contribution in [0.3, 0.4) is 0 Å². The van der Waals surface area contributed by atoms with E-state index in [0.717, 1.165) is 19.3 Å².